The zero-order valence-corrected chi connectivity index (χ0v) is 23.2. The monoisotopic (exact) mass is 579 g/mol. The third-order valence-corrected chi connectivity index (χ3v) is 8.19. The van der Waals surface area contributed by atoms with Gasteiger partial charge in [-0.25, -0.2) is 12.8 Å². The van der Waals surface area contributed by atoms with Gasteiger partial charge in [-0.1, -0.05) is 54.4 Å². The topological polar surface area (TPSA) is 86.8 Å². The van der Waals surface area contributed by atoms with Crippen molar-refractivity contribution in [2.24, 2.45) is 0 Å². The Hall–Kier alpha value is -3.14. The van der Waals surface area contributed by atoms with Gasteiger partial charge in [0.25, 0.3) is 10.0 Å². The normalized spacial score (nSPS) is 12.0. The summed E-state index contributed by atoms with van der Waals surface area (Å²) in [5.41, 5.74) is 0.778. The van der Waals surface area contributed by atoms with E-state index in [4.69, 9.17) is 23.2 Å². The second-order valence-electron chi connectivity index (χ2n) is 8.38. The van der Waals surface area contributed by atoms with Gasteiger partial charge in [0.15, 0.2) is 0 Å². The Bertz CT molecular complexity index is 1370. The number of nitrogens with one attached hydrogen (secondary N) is 1. The first kappa shape index (κ1) is 29.4. The number of benzene rings is 3. The van der Waals surface area contributed by atoms with Crippen LogP contribution >= 0.6 is 23.2 Å². The number of carbonyl (C=O) groups excluding carboxylic acids is 2. The Morgan fingerprint density at radius 2 is 1.63 bits per heavy atom. The molecule has 0 aliphatic heterocycles. The van der Waals surface area contributed by atoms with E-state index in [2.05, 4.69) is 5.32 Å². The molecule has 0 bridgehead atoms. The average molecular weight is 581 g/mol. The van der Waals surface area contributed by atoms with Gasteiger partial charge in [0, 0.05) is 23.1 Å². The Kier molecular flexibility index (Phi) is 10.1. The van der Waals surface area contributed by atoms with Crippen LogP contribution in [0.3, 0.4) is 0 Å². The molecule has 0 heterocycles. The number of hydrogen-bond donors (Lipinski definition) is 1. The van der Waals surface area contributed by atoms with Crippen LogP contribution in [0.15, 0.2) is 77.7 Å². The largest absolute Gasteiger partial charge is 0.355 e. The van der Waals surface area contributed by atoms with Gasteiger partial charge in [-0.2, -0.15) is 0 Å². The number of nitrogens with zero attached hydrogens (tertiary/aromatic N) is 2. The second kappa shape index (κ2) is 13.1. The van der Waals surface area contributed by atoms with Crippen LogP contribution in [0.4, 0.5) is 10.1 Å². The standard InChI is InChI=1S/C27H28Cl2FN3O4S/c1-3-25(27(35)31-4-2)32(17-19-10-11-20(28)16-24(19)29)26(34)18-33(22-8-6-5-7-9-22)38(36,37)23-14-12-21(30)13-15-23/h5-16,25H,3-4,17-18H2,1-2H3,(H,31,35)/t25-/m1/s1. The molecule has 11 heteroatoms. The average Bonchev–Trinajstić information content (AvgIpc) is 2.89. The maximum atomic E-state index is 13.9. The molecule has 3 aromatic rings. The Morgan fingerprint density at radius 1 is 0.974 bits per heavy atom. The third-order valence-electron chi connectivity index (χ3n) is 5.82. The summed E-state index contributed by atoms with van der Waals surface area (Å²) in [6.45, 7) is 3.22. The first-order valence-electron chi connectivity index (χ1n) is 11.9. The molecule has 0 aliphatic rings. The van der Waals surface area contributed by atoms with Crippen LogP contribution in [0.2, 0.25) is 10.0 Å². The van der Waals surface area contributed by atoms with E-state index in [1.807, 2.05) is 0 Å². The van der Waals surface area contributed by atoms with Crippen molar-refractivity contribution in [3.05, 3.63) is 94.2 Å². The fourth-order valence-electron chi connectivity index (χ4n) is 3.90. The highest BCUT2D eigenvalue weighted by Gasteiger charge is 2.33. The van der Waals surface area contributed by atoms with Crippen molar-refractivity contribution in [3.8, 4) is 0 Å². The smallest absolute Gasteiger partial charge is 0.264 e. The fourth-order valence-corrected chi connectivity index (χ4v) is 5.78. The Morgan fingerprint density at radius 3 is 2.21 bits per heavy atom. The number of rotatable bonds is 11. The van der Waals surface area contributed by atoms with Gasteiger partial charge in [0.2, 0.25) is 11.8 Å². The Labute approximate surface area is 232 Å². The van der Waals surface area contributed by atoms with E-state index in [0.29, 0.717) is 22.2 Å². The molecule has 0 spiro atoms. The lowest BCUT2D eigenvalue weighted by molar-refractivity contribution is -0.140. The van der Waals surface area contributed by atoms with Gasteiger partial charge in [0.1, 0.15) is 18.4 Å². The zero-order valence-electron chi connectivity index (χ0n) is 20.9. The predicted octanol–water partition coefficient (Wildman–Crippen LogP) is 5.27. The number of para-hydroxylation sites is 1. The van der Waals surface area contributed by atoms with E-state index in [0.717, 1.165) is 28.6 Å². The van der Waals surface area contributed by atoms with E-state index in [-0.39, 0.29) is 29.5 Å². The SMILES string of the molecule is CCNC(=O)[C@@H](CC)N(Cc1ccc(Cl)cc1Cl)C(=O)CN(c1ccccc1)S(=O)(=O)c1ccc(F)cc1. The molecule has 1 N–H and O–H groups in total. The summed E-state index contributed by atoms with van der Waals surface area (Å²) in [6.07, 6.45) is 0.277. The van der Waals surface area contributed by atoms with E-state index in [1.54, 1.807) is 56.3 Å². The van der Waals surface area contributed by atoms with E-state index in [1.165, 1.54) is 11.0 Å². The number of anilines is 1. The molecule has 0 radical (unpaired) electrons. The van der Waals surface area contributed by atoms with Crippen molar-refractivity contribution in [1.82, 2.24) is 10.2 Å². The number of halogens is 3. The summed E-state index contributed by atoms with van der Waals surface area (Å²) in [5.74, 6) is -1.59. The van der Waals surface area contributed by atoms with Crippen molar-refractivity contribution >= 4 is 50.7 Å². The fraction of sp³-hybridized carbons (Fsp3) is 0.259. The Balaban J connectivity index is 2.05. The van der Waals surface area contributed by atoms with Gasteiger partial charge in [-0.15, -0.1) is 0 Å². The minimum atomic E-state index is -4.27. The lowest BCUT2D eigenvalue weighted by Crippen LogP contribution is -2.52. The molecule has 0 fully saturated rings. The molecule has 0 aliphatic carbocycles. The highest BCUT2D eigenvalue weighted by Crippen LogP contribution is 2.27. The number of amides is 2. The molecule has 202 valence electrons. The molecule has 0 saturated heterocycles. The summed E-state index contributed by atoms with van der Waals surface area (Å²) >= 11 is 12.4. The molecule has 3 rings (SSSR count). The highest BCUT2D eigenvalue weighted by atomic mass is 35.5. The van der Waals surface area contributed by atoms with Crippen LogP contribution in [0.5, 0.6) is 0 Å². The number of likely N-dealkylation sites (N-methyl/N-ethyl adjacent to an activating group) is 1. The molecule has 38 heavy (non-hydrogen) atoms. The molecule has 0 unspecified atom stereocenters. The van der Waals surface area contributed by atoms with E-state index in [9.17, 15) is 22.4 Å². The van der Waals surface area contributed by atoms with Crippen LogP contribution in [0.25, 0.3) is 0 Å². The van der Waals surface area contributed by atoms with Crippen LogP contribution in [0.1, 0.15) is 25.8 Å². The summed E-state index contributed by atoms with van der Waals surface area (Å²) in [6, 6.07) is 16.4. The molecule has 0 saturated carbocycles. The van der Waals surface area contributed by atoms with Gasteiger partial charge < -0.3 is 10.2 Å². The van der Waals surface area contributed by atoms with Crippen LogP contribution in [-0.4, -0.2) is 44.3 Å². The zero-order chi connectivity index (χ0) is 27.9. The maximum Gasteiger partial charge on any atom is 0.264 e. The number of carbonyl (C=O) groups is 2. The van der Waals surface area contributed by atoms with Gasteiger partial charge in [-0.05, 0) is 67.4 Å². The van der Waals surface area contributed by atoms with Crippen molar-refractivity contribution < 1.29 is 22.4 Å². The molecular formula is C27H28Cl2FN3O4S. The molecule has 7 nitrogen and oxygen atoms in total. The van der Waals surface area contributed by atoms with E-state index >= 15 is 0 Å². The quantitative estimate of drug-likeness (QED) is 0.335. The summed E-state index contributed by atoms with van der Waals surface area (Å²) < 4.78 is 41.8. The number of hydrogen-bond acceptors (Lipinski definition) is 4. The number of sulfonamides is 1. The minimum Gasteiger partial charge on any atom is -0.355 e. The predicted molar refractivity (Wildman–Crippen MR) is 147 cm³/mol. The highest BCUT2D eigenvalue weighted by molar-refractivity contribution is 7.92. The van der Waals surface area contributed by atoms with E-state index < -0.39 is 34.3 Å². The second-order valence-corrected chi connectivity index (χ2v) is 11.1. The van der Waals surface area contributed by atoms with Gasteiger partial charge in [0.05, 0.1) is 10.6 Å². The molecule has 1 atom stereocenters. The molecular weight excluding hydrogens is 552 g/mol. The van der Waals surface area contributed by atoms with Crippen LogP contribution in [-0.2, 0) is 26.2 Å². The maximum absolute atomic E-state index is 13.9. The first-order chi connectivity index (χ1) is 18.1. The van der Waals surface area contributed by atoms with Crippen LogP contribution in [0, 0.1) is 5.82 Å². The minimum absolute atomic E-state index is 0.0519. The van der Waals surface area contributed by atoms with Crippen molar-refractivity contribution in [1.29, 1.82) is 0 Å². The van der Waals surface area contributed by atoms with Gasteiger partial charge in [-0.3, -0.25) is 13.9 Å². The van der Waals surface area contributed by atoms with Crippen molar-refractivity contribution in [3.63, 3.8) is 0 Å². The van der Waals surface area contributed by atoms with Crippen LogP contribution < -0.4 is 9.62 Å². The van der Waals surface area contributed by atoms with Crippen molar-refractivity contribution in [2.45, 2.75) is 37.8 Å². The summed E-state index contributed by atoms with van der Waals surface area (Å²) in [7, 11) is -4.27. The molecule has 0 aromatic heterocycles. The first-order valence-corrected chi connectivity index (χ1v) is 14.1. The third kappa shape index (κ3) is 7.03. The van der Waals surface area contributed by atoms with Crippen molar-refractivity contribution in [2.75, 3.05) is 17.4 Å². The van der Waals surface area contributed by atoms with Gasteiger partial charge >= 0.3 is 0 Å². The summed E-state index contributed by atoms with van der Waals surface area (Å²) in [5, 5.41) is 3.45. The summed E-state index contributed by atoms with van der Waals surface area (Å²) in [4.78, 5) is 27.9. The lowest BCUT2D eigenvalue weighted by Gasteiger charge is -2.33. The molecule has 3 aromatic carbocycles. The molecule has 2 amide bonds. The lowest BCUT2D eigenvalue weighted by atomic mass is 10.1.